The second-order valence-corrected chi connectivity index (χ2v) is 11.6. The summed E-state index contributed by atoms with van der Waals surface area (Å²) in [4.78, 5) is 40.4. The molecule has 4 amide bonds. The number of carbonyl (C=O) groups excluding carboxylic acids is 3. The van der Waals surface area contributed by atoms with Crippen molar-refractivity contribution in [3.8, 4) is 0 Å². The highest BCUT2D eigenvalue weighted by Crippen LogP contribution is 2.22. The molecular formula is C28H44N4O3. The fourth-order valence-electron chi connectivity index (χ4n) is 4.91. The van der Waals surface area contributed by atoms with Crippen LogP contribution in [0.5, 0.6) is 0 Å². The standard InChI is InChI=1S/C28H44N4O3/c1-19(2)24(31-25(33)20-11-13-21(14-12-20)28(3,4)5)26(34)29-23-15-17-32(18-16-23)27(35)30-22-9-7-6-8-10-22/h11-14,19,22-24H,6-10,15-18H2,1-5H3,(H,29,34)(H,30,35)(H,31,33). The van der Waals surface area contributed by atoms with Crippen molar-refractivity contribution in [1.29, 1.82) is 0 Å². The molecule has 194 valence electrons. The molecule has 1 aliphatic carbocycles. The van der Waals surface area contributed by atoms with Gasteiger partial charge in [-0.3, -0.25) is 9.59 Å². The number of hydrogen-bond acceptors (Lipinski definition) is 3. The van der Waals surface area contributed by atoms with Gasteiger partial charge in [-0.15, -0.1) is 0 Å². The smallest absolute Gasteiger partial charge is 0.317 e. The van der Waals surface area contributed by atoms with Gasteiger partial charge in [0.2, 0.25) is 5.91 Å². The quantitative estimate of drug-likeness (QED) is 0.560. The van der Waals surface area contributed by atoms with Gasteiger partial charge in [0.1, 0.15) is 6.04 Å². The third-order valence-corrected chi connectivity index (χ3v) is 7.31. The first-order valence-electron chi connectivity index (χ1n) is 13.3. The topological polar surface area (TPSA) is 90.5 Å². The van der Waals surface area contributed by atoms with Crippen LogP contribution in [0.4, 0.5) is 4.79 Å². The van der Waals surface area contributed by atoms with Crippen molar-refractivity contribution in [2.24, 2.45) is 5.92 Å². The summed E-state index contributed by atoms with van der Waals surface area (Å²) < 4.78 is 0. The van der Waals surface area contributed by atoms with Gasteiger partial charge in [0, 0.05) is 30.7 Å². The fraction of sp³-hybridized carbons (Fsp3) is 0.679. The summed E-state index contributed by atoms with van der Waals surface area (Å²) in [5.41, 5.74) is 1.72. The Morgan fingerprint density at radius 1 is 0.857 bits per heavy atom. The maximum atomic E-state index is 13.1. The van der Waals surface area contributed by atoms with Gasteiger partial charge in [-0.25, -0.2) is 4.79 Å². The van der Waals surface area contributed by atoms with Gasteiger partial charge in [0.05, 0.1) is 0 Å². The Kier molecular flexibility index (Phi) is 9.20. The summed E-state index contributed by atoms with van der Waals surface area (Å²) in [6.45, 7) is 11.5. The van der Waals surface area contributed by atoms with Crippen LogP contribution in [0.25, 0.3) is 0 Å². The second-order valence-electron chi connectivity index (χ2n) is 11.6. The molecule has 1 aromatic rings. The summed E-state index contributed by atoms with van der Waals surface area (Å²) in [6.07, 6.45) is 7.22. The third kappa shape index (κ3) is 7.71. The average molecular weight is 485 g/mol. The van der Waals surface area contributed by atoms with E-state index in [4.69, 9.17) is 0 Å². The number of carbonyl (C=O) groups is 3. The van der Waals surface area contributed by atoms with Crippen LogP contribution >= 0.6 is 0 Å². The highest BCUT2D eigenvalue weighted by atomic mass is 16.2. The summed E-state index contributed by atoms with van der Waals surface area (Å²) in [5.74, 6) is -0.451. The Morgan fingerprint density at radius 2 is 1.43 bits per heavy atom. The lowest BCUT2D eigenvalue weighted by Gasteiger charge is -2.35. The van der Waals surface area contributed by atoms with Crippen molar-refractivity contribution in [3.05, 3.63) is 35.4 Å². The van der Waals surface area contributed by atoms with Gasteiger partial charge >= 0.3 is 6.03 Å². The lowest BCUT2D eigenvalue weighted by Crippen LogP contribution is -2.55. The van der Waals surface area contributed by atoms with Crippen molar-refractivity contribution in [3.63, 3.8) is 0 Å². The third-order valence-electron chi connectivity index (χ3n) is 7.31. The molecule has 7 heteroatoms. The summed E-state index contributed by atoms with van der Waals surface area (Å²) >= 11 is 0. The molecule has 1 atom stereocenters. The number of hydrogen-bond donors (Lipinski definition) is 3. The Balaban J connectivity index is 1.49. The average Bonchev–Trinajstić information content (AvgIpc) is 2.82. The number of urea groups is 1. The van der Waals surface area contributed by atoms with E-state index in [1.165, 1.54) is 19.3 Å². The van der Waals surface area contributed by atoms with Crippen LogP contribution in [0.3, 0.4) is 0 Å². The number of benzene rings is 1. The first-order valence-corrected chi connectivity index (χ1v) is 13.3. The summed E-state index contributed by atoms with van der Waals surface area (Å²) in [7, 11) is 0. The van der Waals surface area contributed by atoms with E-state index in [9.17, 15) is 14.4 Å². The minimum absolute atomic E-state index is 0.00505. The molecule has 1 saturated carbocycles. The van der Waals surface area contributed by atoms with E-state index in [1.807, 2.05) is 43.0 Å². The van der Waals surface area contributed by atoms with E-state index in [-0.39, 0.29) is 35.2 Å². The molecule has 0 spiro atoms. The molecule has 1 aliphatic heterocycles. The van der Waals surface area contributed by atoms with Gasteiger partial charge in [-0.1, -0.05) is 66.0 Å². The van der Waals surface area contributed by atoms with Gasteiger partial charge in [0.15, 0.2) is 0 Å². The molecule has 7 nitrogen and oxygen atoms in total. The Morgan fingerprint density at radius 3 is 1.97 bits per heavy atom. The van der Waals surface area contributed by atoms with Crippen LogP contribution in [0.1, 0.15) is 95.5 Å². The summed E-state index contributed by atoms with van der Waals surface area (Å²) in [5, 5.41) is 9.22. The van der Waals surface area contributed by atoms with Crippen LogP contribution in [-0.4, -0.2) is 54.0 Å². The first kappa shape index (κ1) is 27.0. The number of piperidine rings is 1. The minimum Gasteiger partial charge on any atom is -0.351 e. The van der Waals surface area contributed by atoms with E-state index in [0.717, 1.165) is 31.2 Å². The number of amides is 4. The van der Waals surface area contributed by atoms with Crippen LogP contribution in [0, 0.1) is 5.92 Å². The number of rotatable bonds is 6. The molecule has 1 aromatic carbocycles. The molecule has 0 aromatic heterocycles. The zero-order chi connectivity index (χ0) is 25.6. The molecule has 3 N–H and O–H groups in total. The van der Waals surface area contributed by atoms with Gasteiger partial charge in [0.25, 0.3) is 5.91 Å². The molecule has 0 bridgehead atoms. The van der Waals surface area contributed by atoms with E-state index in [1.54, 1.807) is 0 Å². The molecular weight excluding hydrogens is 440 g/mol. The van der Waals surface area contributed by atoms with Crippen LogP contribution in [-0.2, 0) is 10.2 Å². The zero-order valence-electron chi connectivity index (χ0n) is 22.2. The van der Waals surface area contributed by atoms with Crippen molar-refractivity contribution in [2.45, 2.75) is 103 Å². The van der Waals surface area contributed by atoms with E-state index >= 15 is 0 Å². The minimum atomic E-state index is -0.613. The van der Waals surface area contributed by atoms with Crippen molar-refractivity contribution < 1.29 is 14.4 Å². The molecule has 35 heavy (non-hydrogen) atoms. The largest absolute Gasteiger partial charge is 0.351 e. The van der Waals surface area contributed by atoms with E-state index < -0.39 is 6.04 Å². The lowest BCUT2D eigenvalue weighted by molar-refractivity contribution is -0.124. The molecule has 1 unspecified atom stereocenters. The van der Waals surface area contributed by atoms with Crippen LogP contribution < -0.4 is 16.0 Å². The summed E-state index contributed by atoms with van der Waals surface area (Å²) in [6, 6.07) is 7.29. The predicted molar refractivity (Wildman–Crippen MR) is 139 cm³/mol. The fourth-order valence-corrected chi connectivity index (χ4v) is 4.91. The Hall–Kier alpha value is -2.57. The first-order chi connectivity index (χ1) is 16.5. The van der Waals surface area contributed by atoms with Crippen LogP contribution in [0.15, 0.2) is 24.3 Å². The highest BCUT2D eigenvalue weighted by molar-refractivity contribution is 5.97. The maximum absolute atomic E-state index is 13.1. The Bertz CT molecular complexity index is 861. The molecule has 3 rings (SSSR count). The molecule has 2 aliphatic rings. The molecule has 0 radical (unpaired) electrons. The van der Waals surface area contributed by atoms with Gasteiger partial charge in [-0.2, -0.15) is 0 Å². The Labute approximate surface area is 210 Å². The molecule has 1 saturated heterocycles. The van der Waals surface area contributed by atoms with E-state index in [0.29, 0.717) is 24.7 Å². The zero-order valence-corrected chi connectivity index (χ0v) is 22.2. The van der Waals surface area contributed by atoms with Crippen molar-refractivity contribution in [2.75, 3.05) is 13.1 Å². The second kappa shape index (κ2) is 11.9. The van der Waals surface area contributed by atoms with Crippen molar-refractivity contribution in [1.82, 2.24) is 20.9 Å². The molecule has 2 fully saturated rings. The predicted octanol–water partition coefficient (Wildman–Crippen LogP) is 4.36. The van der Waals surface area contributed by atoms with Crippen LogP contribution in [0.2, 0.25) is 0 Å². The van der Waals surface area contributed by atoms with Crippen molar-refractivity contribution >= 4 is 17.8 Å². The van der Waals surface area contributed by atoms with Gasteiger partial charge < -0.3 is 20.9 Å². The normalized spacial score (nSPS) is 18.7. The lowest BCUT2D eigenvalue weighted by atomic mass is 9.86. The monoisotopic (exact) mass is 484 g/mol. The number of nitrogens with zero attached hydrogens (tertiary/aromatic N) is 1. The van der Waals surface area contributed by atoms with Gasteiger partial charge in [-0.05, 0) is 54.7 Å². The number of likely N-dealkylation sites (tertiary alicyclic amines) is 1. The SMILES string of the molecule is CC(C)C(NC(=O)c1ccc(C(C)(C)C)cc1)C(=O)NC1CCN(C(=O)NC2CCCCC2)CC1. The number of nitrogens with one attached hydrogen (secondary N) is 3. The maximum Gasteiger partial charge on any atom is 0.317 e. The molecule has 1 heterocycles. The highest BCUT2D eigenvalue weighted by Gasteiger charge is 2.30. The van der Waals surface area contributed by atoms with E-state index in [2.05, 4.69) is 36.7 Å².